The molecule has 1 aliphatic rings. The van der Waals surface area contributed by atoms with Crippen molar-refractivity contribution in [2.75, 3.05) is 33.9 Å². The van der Waals surface area contributed by atoms with Gasteiger partial charge < -0.3 is 18.8 Å². The quantitative estimate of drug-likeness (QED) is 0.439. The van der Waals surface area contributed by atoms with Gasteiger partial charge in [0.2, 0.25) is 0 Å². The van der Waals surface area contributed by atoms with E-state index < -0.39 is 6.04 Å². The zero-order chi connectivity index (χ0) is 24.8. The van der Waals surface area contributed by atoms with Crippen LogP contribution in [0.15, 0.2) is 76.4 Å². The van der Waals surface area contributed by atoms with Gasteiger partial charge in [-0.3, -0.25) is 9.59 Å². The summed E-state index contributed by atoms with van der Waals surface area (Å²) in [6.07, 6.45) is 2.04. The van der Waals surface area contributed by atoms with Crippen LogP contribution in [0.2, 0.25) is 5.02 Å². The molecular formula is C26H26ClN3O5. The molecule has 0 saturated carbocycles. The summed E-state index contributed by atoms with van der Waals surface area (Å²) in [4.78, 5) is 28.2. The van der Waals surface area contributed by atoms with Crippen molar-refractivity contribution in [2.45, 2.75) is 12.5 Å². The lowest BCUT2D eigenvalue weighted by Gasteiger charge is -2.26. The average Bonchev–Trinajstić information content (AvgIpc) is 3.57. The number of carbonyl (C=O) groups is 2. The van der Waals surface area contributed by atoms with Crippen LogP contribution in [0.25, 0.3) is 0 Å². The first-order chi connectivity index (χ1) is 17.0. The Labute approximate surface area is 208 Å². The Kier molecular flexibility index (Phi) is 7.84. The lowest BCUT2D eigenvalue weighted by Crippen LogP contribution is -2.42. The molecule has 0 radical (unpaired) electrons. The first kappa shape index (κ1) is 24.5. The summed E-state index contributed by atoms with van der Waals surface area (Å²) in [5.74, 6) is 0.654. The zero-order valence-electron chi connectivity index (χ0n) is 19.5. The van der Waals surface area contributed by atoms with Gasteiger partial charge in [0.25, 0.3) is 11.8 Å². The summed E-state index contributed by atoms with van der Waals surface area (Å²) in [5, 5.41) is 6.36. The maximum atomic E-state index is 13.5. The topological polar surface area (TPSA) is 84.6 Å². The number of methoxy groups -OCH3 is 2. The molecule has 2 aromatic carbocycles. The fourth-order valence-electron chi connectivity index (χ4n) is 3.90. The van der Waals surface area contributed by atoms with Gasteiger partial charge in [0.05, 0.1) is 36.3 Å². The number of benzene rings is 2. The molecule has 0 saturated heterocycles. The van der Waals surface area contributed by atoms with Crippen LogP contribution in [-0.2, 0) is 9.53 Å². The van der Waals surface area contributed by atoms with Crippen LogP contribution in [0.4, 0.5) is 0 Å². The second-order valence-electron chi connectivity index (χ2n) is 7.95. The van der Waals surface area contributed by atoms with E-state index in [2.05, 4.69) is 5.10 Å². The van der Waals surface area contributed by atoms with E-state index in [0.29, 0.717) is 22.8 Å². The van der Waals surface area contributed by atoms with Crippen molar-refractivity contribution >= 4 is 29.1 Å². The molecule has 1 aliphatic heterocycles. The largest absolute Gasteiger partial charge is 0.497 e. The fraction of sp³-hybridized carbons (Fsp3) is 0.269. The highest BCUT2D eigenvalue weighted by molar-refractivity contribution is 6.33. The molecule has 35 heavy (non-hydrogen) atoms. The second kappa shape index (κ2) is 11.2. The van der Waals surface area contributed by atoms with E-state index in [-0.39, 0.29) is 31.5 Å². The van der Waals surface area contributed by atoms with Crippen molar-refractivity contribution in [3.05, 3.63) is 88.8 Å². The Hall–Kier alpha value is -3.62. The summed E-state index contributed by atoms with van der Waals surface area (Å²) in [6.45, 7) is 0.302. The third kappa shape index (κ3) is 5.55. The molecule has 0 aliphatic carbocycles. The molecule has 1 atom stereocenters. The molecule has 0 bridgehead atoms. The number of ether oxygens (including phenoxy) is 2. The lowest BCUT2D eigenvalue weighted by atomic mass is 10.0. The molecule has 0 unspecified atom stereocenters. The van der Waals surface area contributed by atoms with E-state index in [9.17, 15) is 9.59 Å². The van der Waals surface area contributed by atoms with Crippen molar-refractivity contribution in [1.29, 1.82) is 0 Å². The molecule has 2 heterocycles. The Morgan fingerprint density at radius 1 is 1.11 bits per heavy atom. The number of hydrogen-bond donors (Lipinski definition) is 0. The Bertz CT molecular complexity index is 1190. The minimum atomic E-state index is -0.422. The van der Waals surface area contributed by atoms with E-state index in [1.54, 1.807) is 50.8 Å². The number of rotatable bonds is 9. The maximum absolute atomic E-state index is 13.5. The number of halogens is 1. The first-order valence-electron chi connectivity index (χ1n) is 11.1. The van der Waals surface area contributed by atoms with E-state index >= 15 is 0 Å². The monoisotopic (exact) mass is 495 g/mol. The Balaban J connectivity index is 1.60. The normalized spacial score (nSPS) is 15.1. The van der Waals surface area contributed by atoms with Crippen molar-refractivity contribution in [3.8, 4) is 5.75 Å². The second-order valence-corrected chi connectivity index (χ2v) is 8.36. The zero-order valence-corrected chi connectivity index (χ0v) is 20.3. The molecule has 182 valence electrons. The average molecular weight is 496 g/mol. The van der Waals surface area contributed by atoms with Gasteiger partial charge in [-0.2, -0.15) is 5.10 Å². The lowest BCUT2D eigenvalue weighted by molar-refractivity contribution is -0.134. The van der Waals surface area contributed by atoms with Crippen LogP contribution in [0, 0.1) is 0 Å². The molecule has 4 rings (SSSR count). The third-order valence-electron chi connectivity index (χ3n) is 5.74. The van der Waals surface area contributed by atoms with Gasteiger partial charge in [0.15, 0.2) is 0 Å². The van der Waals surface area contributed by atoms with E-state index in [1.165, 1.54) is 9.91 Å². The molecule has 0 spiro atoms. The first-order valence-corrected chi connectivity index (χ1v) is 11.5. The minimum absolute atomic E-state index is 0.190. The highest BCUT2D eigenvalue weighted by Gasteiger charge is 2.36. The smallest absolute Gasteiger partial charge is 0.262 e. The van der Waals surface area contributed by atoms with Crippen molar-refractivity contribution in [3.63, 3.8) is 0 Å². The van der Waals surface area contributed by atoms with Gasteiger partial charge >= 0.3 is 0 Å². The van der Waals surface area contributed by atoms with Gasteiger partial charge in [-0.05, 0) is 54.1 Å². The molecular weight excluding hydrogens is 470 g/mol. The molecule has 0 N–H and O–H groups in total. The van der Waals surface area contributed by atoms with E-state index in [1.807, 2.05) is 30.3 Å². The number of amides is 2. The van der Waals surface area contributed by atoms with E-state index in [4.69, 9.17) is 25.5 Å². The highest BCUT2D eigenvalue weighted by atomic mass is 35.5. The van der Waals surface area contributed by atoms with Crippen molar-refractivity contribution in [1.82, 2.24) is 9.91 Å². The minimum Gasteiger partial charge on any atom is -0.497 e. The summed E-state index contributed by atoms with van der Waals surface area (Å²) in [6, 6.07) is 17.4. The Morgan fingerprint density at radius 3 is 2.54 bits per heavy atom. The predicted molar refractivity (Wildman–Crippen MR) is 132 cm³/mol. The number of hydrazone groups is 1. The molecule has 1 aromatic heterocycles. The van der Waals surface area contributed by atoms with Gasteiger partial charge in [-0.1, -0.05) is 23.7 Å². The summed E-state index contributed by atoms with van der Waals surface area (Å²) >= 11 is 6.24. The standard InChI is InChI=1S/C26H26ClN3O5/c1-33-15-13-29(26(32)20-6-3-4-7-21(20)27)17-25(31)30-23(24-8-5-14-35-24)16-22(28-30)18-9-11-19(34-2)12-10-18/h3-12,14,23H,13,15-17H2,1-2H3/t23-/m0/s1. The highest BCUT2D eigenvalue weighted by Crippen LogP contribution is 2.33. The van der Waals surface area contributed by atoms with Crippen LogP contribution >= 0.6 is 11.6 Å². The molecule has 8 nitrogen and oxygen atoms in total. The number of carbonyl (C=O) groups excluding carboxylic acids is 2. The Morgan fingerprint density at radius 2 is 1.89 bits per heavy atom. The number of hydrogen-bond acceptors (Lipinski definition) is 6. The van der Waals surface area contributed by atoms with Crippen LogP contribution in [0.3, 0.4) is 0 Å². The maximum Gasteiger partial charge on any atom is 0.262 e. The van der Waals surface area contributed by atoms with Crippen molar-refractivity contribution < 1.29 is 23.5 Å². The van der Waals surface area contributed by atoms with Crippen LogP contribution < -0.4 is 4.74 Å². The summed E-state index contributed by atoms with van der Waals surface area (Å²) < 4.78 is 16.0. The molecule has 2 amide bonds. The van der Waals surface area contributed by atoms with Gasteiger partial charge in [-0.25, -0.2) is 5.01 Å². The fourth-order valence-corrected chi connectivity index (χ4v) is 4.11. The summed E-state index contributed by atoms with van der Waals surface area (Å²) in [7, 11) is 3.15. The van der Waals surface area contributed by atoms with E-state index in [0.717, 1.165) is 17.0 Å². The number of furan rings is 1. The molecule has 3 aromatic rings. The predicted octanol–water partition coefficient (Wildman–Crippen LogP) is 4.41. The van der Waals surface area contributed by atoms with Crippen molar-refractivity contribution in [2.24, 2.45) is 5.10 Å². The van der Waals surface area contributed by atoms with Gasteiger partial charge in [-0.15, -0.1) is 0 Å². The van der Waals surface area contributed by atoms with Crippen LogP contribution in [0.1, 0.15) is 34.1 Å². The third-order valence-corrected chi connectivity index (χ3v) is 6.07. The van der Waals surface area contributed by atoms with Gasteiger partial charge in [0, 0.05) is 20.1 Å². The number of nitrogens with zero attached hydrogens (tertiary/aromatic N) is 3. The molecule has 0 fully saturated rings. The van der Waals surface area contributed by atoms with Crippen LogP contribution in [0.5, 0.6) is 5.75 Å². The van der Waals surface area contributed by atoms with Gasteiger partial charge in [0.1, 0.15) is 24.1 Å². The molecule has 9 heteroatoms. The summed E-state index contributed by atoms with van der Waals surface area (Å²) in [5.41, 5.74) is 1.94. The van der Waals surface area contributed by atoms with Crippen LogP contribution in [-0.4, -0.2) is 61.4 Å². The SMILES string of the molecule is COCCN(CC(=O)N1N=C(c2ccc(OC)cc2)C[C@H]1c1ccco1)C(=O)c1ccccc1Cl.